The van der Waals surface area contributed by atoms with Crippen molar-refractivity contribution in [2.45, 2.75) is 84.5 Å². The van der Waals surface area contributed by atoms with Gasteiger partial charge in [0, 0.05) is 32.4 Å². The van der Waals surface area contributed by atoms with E-state index in [1.54, 1.807) is 11.8 Å². The number of nitrogens with zero attached hydrogens (tertiary/aromatic N) is 2. The number of rotatable bonds is 7. The Balaban J connectivity index is 2.22. The number of hydrogen-bond donors (Lipinski definition) is 2. The van der Waals surface area contributed by atoms with E-state index in [2.05, 4.69) is 19.2 Å². The lowest BCUT2D eigenvalue weighted by Gasteiger charge is -2.46. The van der Waals surface area contributed by atoms with E-state index in [1.807, 2.05) is 18.7 Å². The summed E-state index contributed by atoms with van der Waals surface area (Å²) in [4.78, 5) is 40.8. The largest absolute Gasteiger partial charge is 0.480 e. The molecule has 154 valence electrons. The van der Waals surface area contributed by atoms with Gasteiger partial charge in [-0.1, -0.05) is 34.6 Å². The van der Waals surface area contributed by atoms with Gasteiger partial charge in [-0.3, -0.25) is 14.9 Å². The van der Waals surface area contributed by atoms with Crippen molar-refractivity contribution in [3.63, 3.8) is 0 Å². The van der Waals surface area contributed by atoms with E-state index in [1.165, 1.54) is 0 Å². The fraction of sp³-hybridized carbons (Fsp3) is 0.850. The molecule has 0 aliphatic carbocycles. The number of carbonyl (C=O) groups excluding carboxylic acids is 2. The third kappa shape index (κ3) is 4.62. The first-order chi connectivity index (χ1) is 12.6. The Kier molecular flexibility index (Phi) is 6.89. The molecular formula is C20H35N3O4. The highest BCUT2D eigenvalue weighted by molar-refractivity contribution is 5.90. The molecule has 2 fully saturated rings. The molecule has 27 heavy (non-hydrogen) atoms. The topological polar surface area (TPSA) is 89.9 Å². The summed E-state index contributed by atoms with van der Waals surface area (Å²) in [7, 11) is 0. The molecular weight excluding hydrogens is 346 g/mol. The maximum absolute atomic E-state index is 13.1. The van der Waals surface area contributed by atoms with Crippen LogP contribution in [0.15, 0.2) is 0 Å². The lowest BCUT2D eigenvalue weighted by molar-refractivity contribution is -0.155. The van der Waals surface area contributed by atoms with Gasteiger partial charge in [-0.15, -0.1) is 0 Å². The molecule has 0 aromatic carbocycles. The molecule has 2 N–H and O–H groups in total. The van der Waals surface area contributed by atoms with E-state index in [-0.39, 0.29) is 17.9 Å². The zero-order chi connectivity index (χ0) is 20.4. The number of carboxylic acids is 1. The van der Waals surface area contributed by atoms with Gasteiger partial charge in [-0.25, -0.2) is 4.79 Å². The van der Waals surface area contributed by atoms with E-state index in [9.17, 15) is 19.5 Å². The summed E-state index contributed by atoms with van der Waals surface area (Å²) in [6, 6.07) is -1.18. The molecule has 0 saturated carbocycles. The van der Waals surface area contributed by atoms with Crippen LogP contribution in [0.1, 0.15) is 66.7 Å². The predicted molar refractivity (Wildman–Crippen MR) is 103 cm³/mol. The van der Waals surface area contributed by atoms with Crippen molar-refractivity contribution >= 4 is 17.8 Å². The summed E-state index contributed by atoms with van der Waals surface area (Å²) < 4.78 is 0. The smallest absolute Gasteiger partial charge is 0.326 e. The molecule has 0 bridgehead atoms. The Morgan fingerprint density at radius 2 is 1.78 bits per heavy atom. The van der Waals surface area contributed by atoms with E-state index in [0.717, 1.165) is 0 Å². The van der Waals surface area contributed by atoms with Gasteiger partial charge in [-0.05, 0) is 24.7 Å². The van der Waals surface area contributed by atoms with Crippen molar-refractivity contribution in [1.82, 2.24) is 15.1 Å². The Labute approximate surface area is 162 Å². The van der Waals surface area contributed by atoms with Gasteiger partial charge < -0.3 is 14.9 Å². The Morgan fingerprint density at radius 3 is 2.22 bits per heavy atom. The summed E-state index contributed by atoms with van der Waals surface area (Å²) in [6.45, 7) is 11.1. The van der Waals surface area contributed by atoms with E-state index in [4.69, 9.17) is 0 Å². The summed E-state index contributed by atoms with van der Waals surface area (Å²) in [6.07, 6.45) is 2.71. The van der Waals surface area contributed by atoms with Gasteiger partial charge in [0.2, 0.25) is 11.8 Å². The number of piperidine rings is 1. The molecule has 2 amide bonds. The van der Waals surface area contributed by atoms with Crippen LogP contribution in [-0.4, -0.2) is 63.5 Å². The molecule has 2 saturated heterocycles. The average molecular weight is 382 g/mol. The van der Waals surface area contributed by atoms with Crippen molar-refractivity contribution < 1.29 is 19.5 Å². The second-order valence-electron chi connectivity index (χ2n) is 8.81. The van der Waals surface area contributed by atoms with Gasteiger partial charge in [0.1, 0.15) is 6.04 Å². The highest BCUT2D eigenvalue weighted by atomic mass is 16.4. The number of carbonyl (C=O) groups is 3. The molecule has 2 aliphatic rings. The maximum Gasteiger partial charge on any atom is 0.326 e. The molecule has 2 heterocycles. The van der Waals surface area contributed by atoms with Gasteiger partial charge in [-0.2, -0.15) is 0 Å². The Hall–Kier alpha value is -1.63. The average Bonchev–Trinajstić information content (AvgIpc) is 2.80. The number of carboxylic acid groups (broad SMARTS) is 1. The van der Waals surface area contributed by atoms with Crippen LogP contribution in [0.25, 0.3) is 0 Å². The SMILES string of the molecule is CCC(C(=O)O)N1C(=O)C(CC(C)C)NC12CCN(C(=O)CC(C)C)CC2. The van der Waals surface area contributed by atoms with Gasteiger partial charge >= 0.3 is 5.97 Å². The third-order valence-electron chi connectivity index (χ3n) is 5.66. The van der Waals surface area contributed by atoms with Crippen LogP contribution in [0.5, 0.6) is 0 Å². The predicted octanol–water partition coefficient (Wildman–Crippen LogP) is 2.06. The molecule has 0 aromatic rings. The highest BCUT2D eigenvalue weighted by Crippen LogP contribution is 2.36. The quantitative estimate of drug-likeness (QED) is 0.704. The number of aliphatic carboxylic acids is 1. The van der Waals surface area contributed by atoms with Crippen LogP contribution in [-0.2, 0) is 14.4 Å². The van der Waals surface area contributed by atoms with Gasteiger partial charge in [0.15, 0.2) is 0 Å². The minimum Gasteiger partial charge on any atom is -0.480 e. The minimum atomic E-state index is -0.962. The van der Waals surface area contributed by atoms with Crippen molar-refractivity contribution in [3.05, 3.63) is 0 Å². The zero-order valence-electron chi connectivity index (χ0n) is 17.3. The molecule has 2 aliphatic heterocycles. The van der Waals surface area contributed by atoms with Crippen LogP contribution < -0.4 is 5.32 Å². The van der Waals surface area contributed by atoms with Crippen molar-refractivity contribution in [2.24, 2.45) is 11.8 Å². The summed E-state index contributed by atoms with van der Waals surface area (Å²) in [5.41, 5.74) is -0.662. The lowest BCUT2D eigenvalue weighted by atomic mass is 9.93. The first-order valence-corrected chi connectivity index (χ1v) is 10.2. The first kappa shape index (κ1) is 21.7. The van der Waals surface area contributed by atoms with Crippen LogP contribution >= 0.6 is 0 Å². The van der Waals surface area contributed by atoms with Gasteiger partial charge in [0.25, 0.3) is 0 Å². The summed E-state index contributed by atoms with van der Waals surface area (Å²) >= 11 is 0. The Morgan fingerprint density at radius 1 is 1.19 bits per heavy atom. The lowest BCUT2D eigenvalue weighted by Crippen LogP contribution is -2.63. The molecule has 2 atom stereocenters. The standard InChI is InChI=1S/C20H35N3O4/c1-6-16(19(26)27)23-18(25)15(11-13(2)3)21-20(23)7-9-22(10-8-20)17(24)12-14(4)5/h13-16,21H,6-12H2,1-5H3,(H,26,27). The minimum absolute atomic E-state index is 0.111. The second-order valence-corrected chi connectivity index (χ2v) is 8.81. The zero-order valence-corrected chi connectivity index (χ0v) is 17.3. The number of hydrogen-bond acceptors (Lipinski definition) is 4. The van der Waals surface area contributed by atoms with Crippen LogP contribution in [0.2, 0.25) is 0 Å². The summed E-state index contributed by atoms with van der Waals surface area (Å²) in [5.74, 6) is -0.292. The molecule has 7 nitrogen and oxygen atoms in total. The molecule has 0 aromatic heterocycles. The highest BCUT2D eigenvalue weighted by Gasteiger charge is 2.55. The van der Waals surface area contributed by atoms with Crippen molar-refractivity contribution in [3.8, 4) is 0 Å². The monoisotopic (exact) mass is 381 g/mol. The second kappa shape index (κ2) is 8.59. The fourth-order valence-electron chi connectivity index (χ4n) is 4.37. The molecule has 0 radical (unpaired) electrons. The van der Waals surface area contributed by atoms with Crippen molar-refractivity contribution in [2.75, 3.05) is 13.1 Å². The van der Waals surface area contributed by atoms with Gasteiger partial charge in [0.05, 0.1) is 11.7 Å². The number of nitrogens with one attached hydrogen (secondary N) is 1. The Bertz CT molecular complexity index is 568. The number of amides is 2. The third-order valence-corrected chi connectivity index (χ3v) is 5.66. The molecule has 1 spiro atoms. The maximum atomic E-state index is 13.1. The van der Waals surface area contributed by atoms with E-state index >= 15 is 0 Å². The first-order valence-electron chi connectivity index (χ1n) is 10.2. The molecule has 7 heteroatoms. The van der Waals surface area contributed by atoms with Crippen molar-refractivity contribution in [1.29, 1.82) is 0 Å². The molecule has 2 rings (SSSR count). The van der Waals surface area contributed by atoms with E-state index < -0.39 is 17.7 Å². The summed E-state index contributed by atoms with van der Waals surface area (Å²) in [5, 5.41) is 13.2. The van der Waals surface area contributed by atoms with Crippen LogP contribution in [0.3, 0.4) is 0 Å². The normalized spacial score (nSPS) is 23.5. The fourth-order valence-corrected chi connectivity index (χ4v) is 4.37. The molecule has 2 unspecified atom stereocenters. The van der Waals surface area contributed by atoms with Crippen LogP contribution in [0, 0.1) is 11.8 Å². The van der Waals surface area contributed by atoms with Crippen LogP contribution in [0.4, 0.5) is 0 Å². The number of likely N-dealkylation sites (tertiary alicyclic amines) is 1. The van der Waals surface area contributed by atoms with E-state index in [0.29, 0.717) is 57.0 Å².